The molecular formula is C27H30FN7O. The van der Waals surface area contributed by atoms with Gasteiger partial charge in [0, 0.05) is 49.9 Å². The molecule has 2 aliphatic rings. The van der Waals surface area contributed by atoms with E-state index < -0.39 is 11.4 Å². The van der Waals surface area contributed by atoms with Crippen LogP contribution in [-0.2, 0) is 12.0 Å². The molecule has 1 atom stereocenters. The van der Waals surface area contributed by atoms with E-state index in [9.17, 15) is 9.50 Å². The minimum Gasteiger partial charge on any atom is -0.384 e. The van der Waals surface area contributed by atoms with Gasteiger partial charge in [0.25, 0.3) is 0 Å². The Kier molecular flexibility index (Phi) is 5.61. The Balaban J connectivity index is 1.29. The fourth-order valence-corrected chi connectivity index (χ4v) is 5.17. The molecule has 0 spiro atoms. The van der Waals surface area contributed by atoms with Crippen molar-refractivity contribution < 1.29 is 9.50 Å². The van der Waals surface area contributed by atoms with Crippen molar-refractivity contribution in [2.24, 2.45) is 0 Å². The number of hydrogen-bond acceptors (Lipinski definition) is 7. The van der Waals surface area contributed by atoms with Gasteiger partial charge in [0.05, 0.1) is 11.1 Å². The number of halogens is 1. The largest absolute Gasteiger partial charge is 0.384 e. The molecule has 2 N–H and O–H groups in total. The molecule has 0 unspecified atom stereocenters. The van der Waals surface area contributed by atoms with Crippen LogP contribution in [0, 0.1) is 5.82 Å². The van der Waals surface area contributed by atoms with E-state index in [2.05, 4.69) is 44.3 Å². The normalized spacial score (nSPS) is 20.5. The third-order valence-electron chi connectivity index (χ3n) is 7.32. The Morgan fingerprint density at radius 3 is 2.58 bits per heavy atom. The lowest BCUT2D eigenvalue weighted by Gasteiger charge is -2.34. The van der Waals surface area contributed by atoms with Gasteiger partial charge in [-0.05, 0) is 69.1 Å². The van der Waals surface area contributed by atoms with Crippen LogP contribution < -0.4 is 10.2 Å². The molecule has 9 heteroatoms. The first kappa shape index (κ1) is 22.9. The molecule has 1 saturated heterocycles. The predicted octanol–water partition coefficient (Wildman–Crippen LogP) is 3.99. The van der Waals surface area contributed by atoms with Crippen molar-refractivity contribution in [3.8, 4) is 5.82 Å². The van der Waals surface area contributed by atoms with Gasteiger partial charge < -0.3 is 20.2 Å². The standard InChI is InChI=1S/C27H30FN7O/c1-27(36)11-3-4-18-5-10-23(31-24(18)27)35-17-22(28)21-16-29-26(32-25(21)35)30-19-6-8-20(9-7-19)34-14-12-33(2)13-15-34/h5-10,16-17,36H,3-4,11-15H2,1-2H3,(H,29,30,32)/t27-/m1/s1. The number of benzene rings is 1. The quantitative estimate of drug-likeness (QED) is 0.450. The maximum Gasteiger partial charge on any atom is 0.229 e. The molecule has 0 saturated carbocycles. The Labute approximate surface area is 209 Å². The molecule has 8 nitrogen and oxygen atoms in total. The highest BCUT2D eigenvalue weighted by Crippen LogP contribution is 2.34. The van der Waals surface area contributed by atoms with Gasteiger partial charge in [-0.1, -0.05) is 6.07 Å². The molecule has 36 heavy (non-hydrogen) atoms. The van der Waals surface area contributed by atoms with Crippen LogP contribution in [-0.4, -0.2) is 62.8 Å². The maximum absolute atomic E-state index is 14.8. The number of anilines is 3. The Bertz CT molecular complexity index is 1410. The molecule has 1 fully saturated rings. The number of fused-ring (bicyclic) bond motifs is 2. The highest BCUT2D eigenvalue weighted by atomic mass is 19.1. The lowest BCUT2D eigenvalue weighted by atomic mass is 9.84. The van der Waals surface area contributed by atoms with Gasteiger partial charge in [-0.25, -0.2) is 14.4 Å². The van der Waals surface area contributed by atoms with Crippen LogP contribution >= 0.6 is 0 Å². The van der Waals surface area contributed by atoms with Crippen molar-refractivity contribution in [2.75, 3.05) is 43.4 Å². The molecule has 3 aromatic heterocycles. The number of hydrogen-bond donors (Lipinski definition) is 2. The van der Waals surface area contributed by atoms with E-state index >= 15 is 0 Å². The summed E-state index contributed by atoms with van der Waals surface area (Å²) in [5.41, 5.74) is 3.15. The van der Waals surface area contributed by atoms with Crippen LogP contribution in [0.1, 0.15) is 31.0 Å². The smallest absolute Gasteiger partial charge is 0.229 e. The number of aryl methyl sites for hydroxylation is 1. The first-order chi connectivity index (χ1) is 17.4. The minimum atomic E-state index is -0.997. The topological polar surface area (TPSA) is 82.3 Å². The van der Waals surface area contributed by atoms with Crippen LogP contribution in [0.5, 0.6) is 0 Å². The number of nitrogens with zero attached hydrogens (tertiary/aromatic N) is 6. The van der Waals surface area contributed by atoms with Crippen molar-refractivity contribution in [2.45, 2.75) is 31.8 Å². The van der Waals surface area contributed by atoms with Crippen molar-refractivity contribution in [1.29, 1.82) is 0 Å². The van der Waals surface area contributed by atoms with Gasteiger partial charge in [-0.3, -0.25) is 4.57 Å². The summed E-state index contributed by atoms with van der Waals surface area (Å²) in [7, 11) is 2.15. The minimum absolute atomic E-state index is 0.317. The average molecular weight is 488 g/mol. The van der Waals surface area contributed by atoms with Crippen LogP contribution in [0.4, 0.5) is 21.7 Å². The molecule has 186 valence electrons. The van der Waals surface area contributed by atoms with Gasteiger partial charge in [-0.15, -0.1) is 0 Å². The average Bonchev–Trinajstić information content (AvgIpc) is 3.20. The van der Waals surface area contributed by atoms with E-state index in [1.165, 1.54) is 18.1 Å². The number of nitrogens with one attached hydrogen (secondary N) is 1. The molecular weight excluding hydrogens is 457 g/mol. The number of aromatic nitrogens is 4. The van der Waals surface area contributed by atoms with Gasteiger partial charge in [-0.2, -0.15) is 4.98 Å². The zero-order valence-corrected chi connectivity index (χ0v) is 20.6. The van der Waals surface area contributed by atoms with Gasteiger partial charge >= 0.3 is 0 Å². The van der Waals surface area contributed by atoms with E-state index in [0.717, 1.165) is 50.3 Å². The Hall–Kier alpha value is -3.56. The lowest BCUT2D eigenvalue weighted by molar-refractivity contribution is 0.0339. The summed E-state index contributed by atoms with van der Waals surface area (Å²) in [4.78, 5) is 18.4. The predicted molar refractivity (Wildman–Crippen MR) is 139 cm³/mol. The molecule has 1 aliphatic heterocycles. The second-order valence-electron chi connectivity index (χ2n) is 10.0. The van der Waals surface area contributed by atoms with Crippen molar-refractivity contribution >= 4 is 28.4 Å². The highest BCUT2D eigenvalue weighted by Gasteiger charge is 2.31. The maximum atomic E-state index is 14.8. The van der Waals surface area contributed by atoms with Crippen molar-refractivity contribution in [3.05, 3.63) is 65.9 Å². The van der Waals surface area contributed by atoms with Crippen LogP contribution in [0.15, 0.2) is 48.8 Å². The summed E-state index contributed by atoms with van der Waals surface area (Å²) in [6.45, 7) is 5.92. The van der Waals surface area contributed by atoms with Crippen LogP contribution in [0.3, 0.4) is 0 Å². The molecule has 0 radical (unpaired) electrons. The summed E-state index contributed by atoms with van der Waals surface area (Å²) in [6, 6.07) is 12.0. The first-order valence-corrected chi connectivity index (χ1v) is 12.4. The SMILES string of the molecule is CN1CCN(c2ccc(Nc3ncc4c(F)cn(-c5ccc6c(n5)[C@](C)(O)CCC6)c4n3)cc2)CC1. The second kappa shape index (κ2) is 8.83. The zero-order valence-electron chi connectivity index (χ0n) is 20.6. The summed E-state index contributed by atoms with van der Waals surface area (Å²) in [6.07, 6.45) is 5.31. The molecule has 1 aromatic carbocycles. The molecule has 4 heterocycles. The van der Waals surface area contributed by atoms with Gasteiger partial charge in [0.2, 0.25) is 5.95 Å². The molecule has 6 rings (SSSR count). The van der Waals surface area contributed by atoms with Gasteiger partial charge in [0.1, 0.15) is 11.4 Å². The summed E-state index contributed by atoms with van der Waals surface area (Å²) in [5.74, 6) is 0.476. The van der Waals surface area contributed by atoms with E-state index in [4.69, 9.17) is 4.98 Å². The third-order valence-corrected chi connectivity index (χ3v) is 7.32. The van der Waals surface area contributed by atoms with Gasteiger partial charge in [0.15, 0.2) is 11.5 Å². The lowest BCUT2D eigenvalue weighted by Crippen LogP contribution is -2.44. The number of piperazine rings is 1. The summed E-state index contributed by atoms with van der Waals surface area (Å²) >= 11 is 0. The molecule has 4 aromatic rings. The Morgan fingerprint density at radius 1 is 1.03 bits per heavy atom. The van der Waals surface area contributed by atoms with E-state index in [1.54, 1.807) is 11.5 Å². The third kappa shape index (κ3) is 4.18. The second-order valence-corrected chi connectivity index (χ2v) is 10.0. The summed E-state index contributed by atoms with van der Waals surface area (Å²) in [5, 5.41) is 14.4. The highest BCUT2D eigenvalue weighted by molar-refractivity contribution is 5.79. The van der Waals surface area contributed by atoms with E-state index in [-0.39, 0.29) is 0 Å². The number of aliphatic hydroxyl groups is 1. The van der Waals surface area contributed by atoms with E-state index in [1.807, 2.05) is 24.3 Å². The molecule has 0 bridgehead atoms. The monoisotopic (exact) mass is 487 g/mol. The molecule has 1 aliphatic carbocycles. The Morgan fingerprint density at radius 2 is 1.81 bits per heavy atom. The zero-order chi connectivity index (χ0) is 24.9. The van der Waals surface area contributed by atoms with Crippen LogP contribution in [0.25, 0.3) is 16.9 Å². The fraction of sp³-hybridized carbons (Fsp3) is 0.370. The first-order valence-electron chi connectivity index (χ1n) is 12.4. The van der Waals surface area contributed by atoms with Crippen molar-refractivity contribution in [3.63, 3.8) is 0 Å². The number of rotatable bonds is 4. The fourth-order valence-electron chi connectivity index (χ4n) is 5.17. The van der Waals surface area contributed by atoms with E-state index in [0.29, 0.717) is 34.9 Å². The molecule has 0 amide bonds. The van der Waals surface area contributed by atoms with Crippen molar-refractivity contribution in [1.82, 2.24) is 24.4 Å². The number of likely N-dealkylation sites (N-methyl/N-ethyl adjacent to an activating group) is 1. The summed E-state index contributed by atoms with van der Waals surface area (Å²) < 4.78 is 16.4. The van der Waals surface area contributed by atoms with Crippen LogP contribution in [0.2, 0.25) is 0 Å². The number of pyridine rings is 1.